The van der Waals surface area contributed by atoms with Crippen molar-refractivity contribution in [2.75, 3.05) is 13.7 Å². The maximum atomic E-state index is 12.0. The van der Waals surface area contributed by atoms with Crippen molar-refractivity contribution < 1.29 is 49.0 Å². The Balaban J connectivity index is 2.14. The Kier molecular flexibility index (Phi) is 7.87. The molecule has 1 fully saturated rings. The third kappa shape index (κ3) is 5.52. The number of rotatable bonds is 7. The molecule has 11 heteroatoms. The summed E-state index contributed by atoms with van der Waals surface area (Å²) < 4.78 is 14.6. The molecule has 11 nitrogen and oxygen atoms in total. The van der Waals surface area contributed by atoms with Crippen molar-refractivity contribution in [1.82, 2.24) is 5.32 Å². The van der Waals surface area contributed by atoms with Gasteiger partial charge < -0.3 is 40.0 Å². The normalized spacial score (nSPS) is 28.1. The van der Waals surface area contributed by atoms with Crippen molar-refractivity contribution in [3.63, 3.8) is 0 Å². The number of aliphatic hydroxyl groups is 4. The van der Waals surface area contributed by atoms with Crippen molar-refractivity contribution >= 4 is 17.8 Å². The van der Waals surface area contributed by atoms with Gasteiger partial charge in [0.2, 0.25) is 5.91 Å². The van der Waals surface area contributed by atoms with Crippen LogP contribution in [0, 0.1) is 0 Å². The molecular weight excluding hydrogens is 402 g/mol. The van der Waals surface area contributed by atoms with Gasteiger partial charge in [0.15, 0.2) is 0 Å². The Morgan fingerprint density at radius 1 is 1.27 bits per heavy atom. The van der Waals surface area contributed by atoms with Crippen molar-refractivity contribution in [2.45, 2.75) is 49.6 Å². The van der Waals surface area contributed by atoms with Crippen LogP contribution in [-0.4, -0.2) is 88.2 Å². The Morgan fingerprint density at radius 2 is 1.90 bits per heavy atom. The largest absolute Gasteiger partial charge is 0.465 e. The molecule has 1 saturated heterocycles. The molecular formula is C19H25NO10. The van der Waals surface area contributed by atoms with Gasteiger partial charge in [0.1, 0.15) is 24.9 Å². The van der Waals surface area contributed by atoms with E-state index in [1.807, 2.05) is 0 Å². The SMILES string of the molecule is COC(=O)[C@]1(O)C[C@H](O)[C@@H](NC(C)=O)[C@H]([C@H](O)[C@H](O)COC(=O)c2ccccc2)O1. The number of benzene rings is 1. The Morgan fingerprint density at radius 3 is 2.47 bits per heavy atom. The monoisotopic (exact) mass is 427 g/mol. The van der Waals surface area contributed by atoms with Crippen LogP contribution in [0.3, 0.4) is 0 Å². The number of carbonyl (C=O) groups is 3. The van der Waals surface area contributed by atoms with Crippen molar-refractivity contribution in [3.05, 3.63) is 35.9 Å². The van der Waals surface area contributed by atoms with Gasteiger partial charge >= 0.3 is 11.9 Å². The third-order valence-corrected chi connectivity index (χ3v) is 4.59. The van der Waals surface area contributed by atoms with Crippen LogP contribution < -0.4 is 5.32 Å². The number of carbonyl (C=O) groups excluding carboxylic acids is 3. The van der Waals surface area contributed by atoms with Gasteiger partial charge in [0.05, 0.1) is 24.8 Å². The van der Waals surface area contributed by atoms with Crippen LogP contribution in [-0.2, 0) is 23.8 Å². The standard InChI is InChI=1S/C19H25NO10/c1-10(21)20-14-12(22)8-19(27,18(26)28-2)30-16(14)15(24)13(23)9-29-17(25)11-6-4-3-5-7-11/h3-7,12-16,22-24,27H,8-9H2,1-2H3,(H,20,21)/t12-,13+,14+,15+,16+,19-/m0/s1. The number of hydrogen-bond acceptors (Lipinski definition) is 10. The lowest BCUT2D eigenvalue weighted by molar-refractivity contribution is -0.296. The summed E-state index contributed by atoms with van der Waals surface area (Å²) in [5, 5.41) is 43.8. The van der Waals surface area contributed by atoms with Crippen LogP contribution in [0.4, 0.5) is 0 Å². The van der Waals surface area contributed by atoms with Gasteiger partial charge in [0.25, 0.3) is 5.79 Å². The van der Waals surface area contributed by atoms with Crippen molar-refractivity contribution in [1.29, 1.82) is 0 Å². The molecule has 0 radical (unpaired) electrons. The first-order valence-corrected chi connectivity index (χ1v) is 9.11. The molecule has 0 bridgehead atoms. The predicted molar refractivity (Wildman–Crippen MR) is 98.8 cm³/mol. The van der Waals surface area contributed by atoms with Gasteiger partial charge in [-0.15, -0.1) is 0 Å². The molecule has 1 aromatic carbocycles. The zero-order valence-electron chi connectivity index (χ0n) is 16.4. The number of amides is 1. The molecule has 1 heterocycles. The minimum Gasteiger partial charge on any atom is -0.465 e. The molecule has 0 aliphatic carbocycles. The maximum absolute atomic E-state index is 12.0. The highest BCUT2D eigenvalue weighted by Crippen LogP contribution is 2.31. The summed E-state index contributed by atoms with van der Waals surface area (Å²) in [6.07, 6.45) is -7.40. The summed E-state index contributed by atoms with van der Waals surface area (Å²) in [5.41, 5.74) is 0.222. The summed E-state index contributed by atoms with van der Waals surface area (Å²) in [6.45, 7) is 0.490. The fraction of sp³-hybridized carbons (Fsp3) is 0.526. The summed E-state index contributed by atoms with van der Waals surface area (Å²) in [7, 11) is 0.985. The van der Waals surface area contributed by atoms with Gasteiger partial charge in [-0.05, 0) is 12.1 Å². The molecule has 1 aromatic rings. The van der Waals surface area contributed by atoms with Crippen LogP contribution in [0.2, 0.25) is 0 Å². The molecule has 1 aliphatic heterocycles. The number of aliphatic hydroxyl groups excluding tert-OH is 3. The minimum atomic E-state index is -2.62. The zero-order chi connectivity index (χ0) is 22.5. The average Bonchev–Trinajstić information content (AvgIpc) is 2.72. The lowest BCUT2D eigenvalue weighted by Crippen LogP contribution is -2.67. The predicted octanol–water partition coefficient (Wildman–Crippen LogP) is -1.92. The van der Waals surface area contributed by atoms with Gasteiger partial charge in [-0.1, -0.05) is 18.2 Å². The van der Waals surface area contributed by atoms with Gasteiger partial charge in [0, 0.05) is 13.3 Å². The zero-order valence-corrected chi connectivity index (χ0v) is 16.4. The molecule has 166 valence electrons. The summed E-state index contributed by atoms with van der Waals surface area (Å²) in [4.78, 5) is 35.3. The molecule has 0 spiro atoms. The molecule has 0 saturated carbocycles. The molecule has 0 unspecified atom stereocenters. The molecule has 5 N–H and O–H groups in total. The fourth-order valence-corrected chi connectivity index (χ4v) is 3.10. The number of methoxy groups -OCH3 is 1. The summed E-state index contributed by atoms with van der Waals surface area (Å²) >= 11 is 0. The maximum Gasteiger partial charge on any atom is 0.366 e. The average molecular weight is 427 g/mol. The molecule has 30 heavy (non-hydrogen) atoms. The summed E-state index contributed by atoms with van der Waals surface area (Å²) in [5.74, 6) is -5.19. The van der Waals surface area contributed by atoms with Crippen LogP contribution in [0.15, 0.2) is 30.3 Å². The van der Waals surface area contributed by atoms with Crippen LogP contribution >= 0.6 is 0 Å². The van der Waals surface area contributed by atoms with E-state index < -0.39 is 67.1 Å². The molecule has 1 amide bonds. The van der Waals surface area contributed by atoms with E-state index in [2.05, 4.69) is 10.1 Å². The highest BCUT2D eigenvalue weighted by Gasteiger charge is 2.54. The van der Waals surface area contributed by atoms with E-state index in [0.29, 0.717) is 0 Å². The highest BCUT2D eigenvalue weighted by molar-refractivity contribution is 5.89. The Bertz CT molecular complexity index is 757. The van der Waals surface area contributed by atoms with Gasteiger partial charge in [-0.2, -0.15) is 0 Å². The molecule has 6 atom stereocenters. The number of ether oxygens (including phenoxy) is 3. The van der Waals surface area contributed by atoms with E-state index in [4.69, 9.17) is 9.47 Å². The number of nitrogens with one attached hydrogen (secondary N) is 1. The quantitative estimate of drug-likeness (QED) is 0.309. The first-order valence-electron chi connectivity index (χ1n) is 9.11. The second-order valence-electron chi connectivity index (χ2n) is 6.88. The topological polar surface area (TPSA) is 172 Å². The Labute approximate surface area is 172 Å². The van der Waals surface area contributed by atoms with Gasteiger partial charge in [-0.3, -0.25) is 4.79 Å². The third-order valence-electron chi connectivity index (χ3n) is 4.59. The molecule has 1 aliphatic rings. The van der Waals surface area contributed by atoms with Gasteiger partial charge in [-0.25, -0.2) is 9.59 Å². The van der Waals surface area contributed by atoms with E-state index in [1.165, 1.54) is 12.1 Å². The number of hydrogen-bond donors (Lipinski definition) is 5. The second kappa shape index (κ2) is 9.96. The van der Waals surface area contributed by atoms with Crippen molar-refractivity contribution in [3.8, 4) is 0 Å². The van der Waals surface area contributed by atoms with E-state index in [0.717, 1.165) is 14.0 Å². The van der Waals surface area contributed by atoms with E-state index >= 15 is 0 Å². The second-order valence-corrected chi connectivity index (χ2v) is 6.88. The molecule has 0 aromatic heterocycles. The lowest BCUT2D eigenvalue weighted by atomic mass is 9.88. The summed E-state index contributed by atoms with van der Waals surface area (Å²) in [6, 6.07) is 6.65. The van der Waals surface area contributed by atoms with Crippen LogP contribution in [0.1, 0.15) is 23.7 Å². The highest BCUT2D eigenvalue weighted by atomic mass is 16.7. The molecule has 2 rings (SSSR count). The van der Waals surface area contributed by atoms with E-state index in [9.17, 15) is 34.8 Å². The first kappa shape index (κ1) is 23.7. The minimum absolute atomic E-state index is 0.222. The van der Waals surface area contributed by atoms with E-state index in [-0.39, 0.29) is 5.56 Å². The smallest absolute Gasteiger partial charge is 0.366 e. The van der Waals surface area contributed by atoms with Crippen LogP contribution in [0.5, 0.6) is 0 Å². The van der Waals surface area contributed by atoms with Crippen molar-refractivity contribution in [2.24, 2.45) is 0 Å². The lowest BCUT2D eigenvalue weighted by Gasteiger charge is -2.45. The number of esters is 2. The van der Waals surface area contributed by atoms with E-state index in [1.54, 1.807) is 18.2 Å². The van der Waals surface area contributed by atoms with Crippen LogP contribution in [0.25, 0.3) is 0 Å². The fourth-order valence-electron chi connectivity index (χ4n) is 3.10. The Hall–Kier alpha value is -2.57. The first-order chi connectivity index (χ1) is 14.1.